The monoisotopic (exact) mass is 431 g/mol. The Hall–Kier alpha value is -2.32. The summed E-state index contributed by atoms with van der Waals surface area (Å²) in [6.45, 7) is 6.72. The van der Waals surface area contributed by atoms with Crippen LogP contribution in [0.4, 0.5) is 13.2 Å². The first kappa shape index (κ1) is 24.7. The van der Waals surface area contributed by atoms with Crippen molar-refractivity contribution in [2.75, 3.05) is 6.61 Å². The molecular weight excluding hydrogens is 407 g/mol. The average Bonchev–Trinajstić information content (AvgIpc) is 2.59. The molecule has 0 aliphatic carbocycles. The molecule has 1 atom stereocenters. The third-order valence-corrected chi connectivity index (χ3v) is 3.76. The Kier molecular flexibility index (Phi) is 8.91. The molecule has 1 amide bonds. The fourth-order valence-electron chi connectivity index (χ4n) is 2.31. The van der Waals surface area contributed by atoms with Crippen molar-refractivity contribution < 1.29 is 22.7 Å². The minimum Gasteiger partial charge on any atom is -0.483 e. The van der Waals surface area contributed by atoms with Crippen molar-refractivity contribution in [1.82, 2.24) is 10.3 Å². The molecule has 160 valence electrons. The summed E-state index contributed by atoms with van der Waals surface area (Å²) in [6, 6.07) is 7.97. The summed E-state index contributed by atoms with van der Waals surface area (Å²) >= 11 is 5.95. The minimum absolute atomic E-state index is 0.0316. The summed E-state index contributed by atoms with van der Waals surface area (Å²) in [7, 11) is 0. The number of ether oxygens (including phenoxy) is 1. The molecular formula is C20H25ClF3N3O2. The lowest BCUT2D eigenvalue weighted by Crippen LogP contribution is -2.37. The zero-order valence-electron chi connectivity index (χ0n) is 16.7. The lowest BCUT2D eigenvalue weighted by molar-refractivity contribution is -0.153. The predicted molar refractivity (Wildman–Crippen MR) is 107 cm³/mol. The van der Waals surface area contributed by atoms with E-state index in [1.54, 1.807) is 24.3 Å². The van der Waals surface area contributed by atoms with Crippen LogP contribution in [-0.4, -0.2) is 29.2 Å². The highest BCUT2D eigenvalue weighted by atomic mass is 35.5. The second kappa shape index (κ2) is 10.5. The zero-order chi connectivity index (χ0) is 22.2. The van der Waals surface area contributed by atoms with Crippen molar-refractivity contribution in [3.05, 3.63) is 58.9 Å². The normalized spacial score (nSPS) is 12.6. The van der Waals surface area contributed by atoms with Gasteiger partial charge in [0.25, 0.3) is 0 Å². The van der Waals surface area contributed by atoms with Crippen LogP contribution in [0.3, 0.4) is 0 Å². The molecule has 1 aromatic heterocycles. The van der Waals surface area contributed by atoms with Crippen LogP contribution < -0.4 is 15.8 Å². The van der Waals surface area contributed by atoms with E-state index in [9.17, 15) is 18.0 Å². The summed E-state index contributed by atoms with van der Waals surface area (Å²) in [5.74, 6) is -0.381. The highest BCUT2D eigenvalue weighted by molar-refractivity contribution is 6.32. The van der Waals surface area contributed by atoms with Crippen molar-refractivity contribution >= 4 is 17.5 Å². The summed E-state index contributed by atoms with van der Waals surface area (Å²) in [5, 5.41) is 3.53. The number of primary amides is 1. The van der Waals surface area contributed by atoms with Crippen molar-refractivity contribution in [2.24, 2.45) is 5.73 Å². The summed E-state index contributed by atoms with van der Waals surface area (Å²) in [6.07, 6.45) is -1.32. The average molecular weight is 432 g/mol. The highest BCUT2D eigenvalue weighted by Crippen LogP contribution is 2.30. The number of nitrogens with one attached hydrogen (secondary N) is 1. The lowest BCUT2D eigenvalue weighted by Gasteiger charge is -2.26. The van der Waals surface area contributed by atoms with Crippen molar-refractivity contribution in [3.8, 4) is 5.75 Å². The molecule has 29 heavy (non-hydrogen) atoms. The summed E-state index contributed by atoms with van der Waals surface area (Å²) in [5.41, 5.74) is 6.26. The first-order chi connectivity index (χ1) is 13.3. The van der Waals surface area contributed by atoms with Gasteiger partial charge < -0.3 is 15.8 Å². The van der Waals surface area contributed by atoms with Crippen molar-refractivity contribution in [1.29, 1.82) is 0 Å². The van der Waals surface area contributed by atoms with Crippen LogP contribution in [0.25, 0.3) is 0 Å². The molecule has 0 bridgehead atoms. The van der Waals surface area contributed by atoms with Gasteiger partial charge in [0.05, 0.1) is 5.02 Å². The van der Waals surface area contributed by atoms with Gasteiger partial charge in [-0.1, -0.05) is 17.7 Å². The SMILES string of the molecule is CC(NC(C)(C)C)c1ccc(OCC(F)(F)F)c(Cl)c1.NC(=O)c1ccncc1. The van der Waals surface area contributed by atoms with E-state index in [1.165, 1.54) is 18.5 Å². The molecule has 0 aliphatic heterocycles. The maximum absolute atomic E-state index is 12.1. The van der Waals surface area contributed by atoms with Crippen molar-refractivity contribution in [3.63, 3.8) is 0 Å². The van der Waals surface area contributed by atoms with E-state index in [4.69, 9.17) is 17.3 Å². The Morgan fingerprint density at radius 3 is 2.21 bits per heavy atom. The number of pyridine rings is 1. The van der Waals surface area contributed by atoms with Gasteiger partial charge in [-0.05, 0) is 57.5 Å². The van der Waals surface area contributed by atoms with E-state index >= 15 is 0 Å². The molecule has 2 rings (SSSR count). The van der Waals surface area contributed by atoms with Crippen LogP contribution in [0.1, 0.15) is 49.7 Å². The van der Waals surface area contributed by atoms with Crippen LogP contribution in [0.15, 0.2) is 42.7 Å². The number of aromatic nitrogens is 1. The Balaban J connectivity index is 0.000000387. The zero-order valence-corrected chi connectivity index (χ0v) is 17.4. The Bertz CT molecular complexity index is 794. The van der Waals surface area contributed by atoms with Gasteiger partial charge in [-0.25, -0.2) is 0 Å². The quantitative estimate of drug-likeness (QED) is 0.705. The fourth-order valence-corrected chi connectivity index (χ4v) is 2.56. The van der Waals surface area contributed by atoms with Crippen LogP contribution in [0.5, 0.6) is 5.75 Å². The van der Waals surface area contributed by atoms with Gasteiger partial charge in [0.1, 0.15) is 5.75 Å². The number of amides is 1. The number of alkyl halides is 3. The number of rotatable bonds is 5. The predicted octanol–water partition coefficient (Wildman–Crippen LogP) is 4.91. The Morgan fingerprint density at radius 1 is 1.21 bits per heavy atom. The van der Waals surface area contributed by atoms with Gasteiger partial charge in [0.2, 0.25) is 5.91 Å². The molecule has 0 spiro atoms. The number of hydrogen-bond donors (Lipinski definition) is 2. The number of benzene rings is 1. The smallest absolute Gasteiger partial charge is 0.422 e. The standard InChI is InChI=1S/C14H19ClF3NO.C6H6N2O/c1-9(19-13(2,3)4)10-5-6-12(11(15)7-10)20-8-14(16,17)18;7-6(9)5-1-3-8-4-2-5/h5-7,9,19H,8H2,1-4H3;1-4H,(H2,7,9). The molecule has 1 aromatic carbocycles. The highest BCUT2D eigenvalue weighted by Gasteiger charge is 2.28. The molecule has 2 aromatic rings. The topological polar surface area (TPSA) is 77.2 Å². The number of nitrogens with zero attached hydrogens (tertiary/aromatic N) is 1. The Morgan fingerprint density at radius 2 is 1.79 bits per heavy atom. The minimum atomic E-state index is -4.37. The Labute approximate surface area is 173 Å². The summed E-state index contributed by atoms with van der Waals surface area (Å²) < 4.78 is 40.9. The number of nitrogens with two attached hydrogens (primary N) is 1. The van der Waals surface area contributed by atoms with Gasteiger partial charge in [0.15, 0.2) is 6.61 Å². The molecule has 1 heterocycles. The largest absolute Gasteiger partial charge is 0.483 e. The first-order valence-corrected chi connectivity index (χ1v) is 9.13. The van der Waals surface area contributed by atoms with Crippen LogP contribution in [0.2, 0.25) is 5.02 Å². The van der Waals surface area contributed by atoms with E-state index in [0.29, 0.717) is 5.56 Å². The van der Waals surface area contributed by atoms with E-state index in [0.717, 1.165) is 5.56 Å². The number of hydrogen-bond acceptors (Lipinski definition) is 4. The van der Waals surface area contributed by atoms with Gasteiger partial charge in [0, 0.05) is 29.5 Å². The van der Waals surface area contributed by atoms with E-state index in [2.05, 4.69) is 15.0 Å². The fraction of sp³-hybridized carbons (Fsp3) is 0.400. The molecule has 0 aliphatic rings. The summed E-state index contributed by atoms with van der Waals surface area (Å²) in [4.78, 5) is 14.1. The molecule has 0 fully saturated rings. The van der Waals surface area contributed by atoms with E-state index in [-0.39, 0.29) is 22.4 Å². The third kappa shape index (κ3) is 10.1. The van der Waals surface area contributed by atoms with E-state index < -0.39 is 18.7 Å². The van der Waals surface area contributed by atoms with Gasteiger partial charge in [-0.2, -0.15) is 13.2 Å². The van der Waals surface area contributed by atoms with Crippen LogP contribution in [-0.2, 0) is 0 Å². The molecule has 5 nitrogen and oxygen atoms in total. The van der Waals surface area contributed by atoms with Gasteiger partial charge >= 0.3 is 6.18 Å². The number of carbonyl (C=O) groups is 1. The first-order valence-electron chi connectivity index (χ1n) is 8.75. The molecule has 0 saturated heterocycles. The number of carbonyl (C=O) groups excluding carboxylic acids is 1. The van der Waals surface area contributed by atoms with Crippen LogP contribution >= 0.6 is 11.6 Å². The maximum atomic E-state index is 12.1. The number of halogens is 4. The molecule has 0 saturated carbocycles. The molecule has 0 radical (unpaired) electrons. The third-order valence-electron chi connectivity index (χ3n) is 3.46. The molecule has 9 heteroatoms. The van der Waals surface area contributed by atoms with Crippen LogP contribution in [0, 0.1) is 0 Å². The second-order valence-electron chi connectivity index (χ2n) is 7.31. The van der Waals surface area contributed by atoms with Crippen molar-refractivity contribution in [2.45, 2.75) is 45.5 Å². The van der Waals surface area contributed by atoms with E-state index in [1.807, 2.05) is 27.7 Å². The molecule has 1 unspecified atom stereocenters. The second-order valence-corrected chi connectivity index (χ2v) is 7.72. The molecule has 3 N–H and O–H groups in total. The van der Waals surface area contributed by atoms with Gasteiger partial charge in [-0.15, -0.1) is 0 Å². The lowest BCUT2D eigenvalue weighted by atomic mass is 10.0. The van der Waals surface area contributed by atoms with Gasteiger partial charge in [-0.3, -0.25) is 9.78 Å². The maximum Gasteiger partial charge on any atom is 0.422 e.